The number of hydrogen-bond donors (Lipinski definition) is 3. The number of thiazole rings is 1. The van der Waals surface area contributed by atoms with E-state index in [0.717, 1.165) is 20.9 Å². The predicted molar refractivity (Wildman–Crippen MR) is 118 cm³/mol. The Labute approximate surface area is 174 Å². The van der Waals surface area contributed by atoms with E-state index in [-0.39, 0.29) is 24.2 Å². The van der Waals surface area contributed by atoms with Crippen molar-refractivity contribution in [2.45, 2.75) is 26.3 Å². The molecule has 0 spiro atoms. The molecule has 1 atom stereocenters. The number of carbonyl (C=O) groups is 2. The van der Waals surface area contributed by atoms with Crippen LogP contribution < -0.4 is 16.0 Å². The number of nitrogens with one attached hydrogen (secondary N) is 3. The van der Waals surface area contributed by atoms with E-state index >= 15 is 0 Å². The van der Waals surface area contributed by atoms with Crippen molar-refractivity contribution < 1.29 is 9.59 Å². The molecule has 0 radical (unpaired) electrons. The molecule has 1 aromatic heterocycles. The van der Waals surface area contributed by atoms with E-state index in [4.69, 9.17) is 0 Å². The van der Waals surface area contributed by atoms with Gasteiger partial charge < -0.3 is 16.0 Å². The minimum Gasteiger partial charge on any atom is -0.360 e. The number of nitrogens with zero attached hydrogens (tertiary/aromatic N) is 1. The van der Waals surface area contributed by atoms with Gasteiger partial charge >= 0.3 is 0 Å². The summed E-state index contributed by atoms with van der Waals surface area (Å²) in [5, 5.41) is 9.82. The molecule has 0 fully saturated rings. The molecule has 0 bridgehead atoms. The zero-order valence-electron chi connectivity index (χ0n) is 16.6. The second kappa shape index (κ2) is 10.0. The zero-order valence-corrected chi connectivity index (χ0v) is 17.5. The molecule has 6 nitrogen and oxygen atoms in total. The fraction of sp³-hybridized carbons (Fsp3) is 0.318. The van der Waals surface area contributed by atoms with Crippen molar-refractivity contribution in [3.8, 4) is 0 Å². The lowest BCUT2D eigenvalue weighted by atomic mass is 10.0. The Balaban J connectivity index is 1.45. The van der Waals surface area contributed by atoms with Crippen LogP contribution in [0.2, 0.25) is 0 Å². The molecule has 3 N–H and O–H groups in total. The van der Waals surface area contributed by atoms with Gasteiger partial charge in [0.2, 0.25) is 11.8 Å². The standard InChI is InChI=1S/C22H26N4O2S/c1-15(2)20(26-19(27)14-16-8-4-3-5-9-16)21(28)23-12-13-24-22-25-17-10-6-7-11-18(17)29-22/h3-11,15,20H,12-14H2,1-2H3,(H,23,28)(H,24,25)(H,26,27). The van der Waals surface area contributed by atoms with E-state index in [0.29, 0.717) is 13.1 Å². The van der Waals surface area contributed by atoms with Crippen LogP contribution in [-0.2, 0) is 16.0 Å². The predicted octanol–water partition coefficient (Wildman–Crippen LogP) is 3.21. The number of rotatable bonds is 9. The first-order valence-electron chi connectivity index (χ1n) is 9.73. The van der Waals surface area contributed by atoms with E-state index < -0.39 is 6.04 Å². The molecule has 152 valence electrons. The molecule has 3 aromatic rings. The van der Waals surface area contributed by atoms with E-state index in [1.807, 2.05) is 68.4 Å². The third-order valence-corrected chi connectivity index (χ3v) is 5.46. The lowest BCUT2D eigenvalue weighted by molar-refractivity contribution is -0.129. The van der Waals surface area contributed by atoms with Crippen molar-refractivity contribution in [1.29, 1.82) is 0 Å². The highest BCUT2D eigenvalue weighted by atomic mass is 32.1. The van der Waals surface area contributed by atoms with Gasteiger partial charge in [-0.2, -0.15) is 0 Å². The molecule has 0 aliphatic rings. The monoisotopic (exact) mass is 410 g/mol. The molecule has 2 amide bonds. The molecular formula is C22H26N4O2S. The van der Waals surface area contributed by atoms with Crippen molar-refractivity contribution in [1.82, 2.24) is 15.6 Å². The summed E-state index contributed by atoms with van der Waals surface area (Å²) in [5.74, 6) is -0.336. The van der Waals surface area contributed by atoms with Crippen LogP contribution in [0.25, 0.3) is 10.2 Å². The van der Waals surface area contributed by atoms with Gasteiger partial charge in [0.05, 0.1) is 16.6 Å². The summed E-state index contributed by atoms with van der Waals surface area (Å²) in [6, 6.07) is 16.9. The van der Waals surface area contributed by atoms with E-state index in [1.165, 1.54) is 0 Å². The number of fused-ring (bicyclic) bond motifs is 1. The molecular weight excluding hydrogens is 384 g/mol. The Kier molecular flexibility index (Phi) is 7.19. The van der Waals surface area contributed by atoms with Crippen LogP contribution in [-0.4, -0.2) is 35.9 Å². The number of para-hydroxylation sites is 1. The second-order valence-corrected chi connectivity index (χ2v) is 8.19. The number of anilines is 1. The Morgan fingerprint density at radius 2 is 1.72 bits per heavy atom. The van der Waals surface area contributed by atoms with Gasteiger partial charge in [0.1, 0.15) is 6.04 Å². The quantitative estimate of drug-likeness (QED) is 0.473. The van der Waals surface area contributed by atoms with Crippen molar-refractivity contribution in [3.63, 3.8) is 0 Å². The molecule has 3 rings (SSSR count). The van der Waals surface area contributed by atoms with Gasteiger partial charge in [0.15, 0.2) is 5.13 Å². The highest BCUT2D eigenvalue weighted by Crippen LogP contribution is 2.24. The van der Waals surface area contributed by atoms with Crippen LogP contribution in [0.15, 0.2) is 54.6 Å². The summed E-state index contributed by atoms with van der Waals surface area (Å²) in [6.07, 6.45) is 0.260. The maximum Gasteiger partial charge on any atom is 0.242 e. The van der Waals surface area contributed by atoms with Gasteiger partial charge in [-0.25, -0.2) is 4.98 Å². The number of carbonyl (C=O) groups excluding carboxylic acids is 2. The van der Waals surface area contributed by atoms with Crippen molar-refractivity contribution in [3.05, 3.63) is 60.2 Å². The Morgan fingerprint density at radius 1 is 1.00 bits per heavy atom. The number of amides is 2. The molecule has 29 heavy (non-hydrogen) atoms. The Bertz CT molecular complexity index is 923. The summed E-state index contributed by atoms with van der Waals surface area (Å²) < 4.78 is 1.13. The maximum atomic E-state index is 12.6. The van der Waals surface area contributed by atoms with Crippen LogP contribution in [0.4, 0.5) is 5.13 Å². The van der Waals surface area contributed by atoms with Gasteiger partial charge in [0.25, 0.3) is 0 Å². The molecule has 0 aliphatic carbocycles. The molecule has 0 saturated heterocycles. The average molecular weight is 411 g/mol. The highest BCUT2D eigenvalue weighted by molar-refractivity contribution is 7.22. The summed E-state index contributed by atoms with van der Waals surface area (Å²) in [5.41, 5.74) is 1.89. The average Bonchev–Trinajstić information content (AvgIpc) is 3.12. The third kappa shape index (κ3) is 6.02. The van der Waals surface area contributed by atoms with Crippen molar-refractivity contribution in [2.75, 3.05) is 18.4 Å². The van der Waals surface area contributed by atoms with Gasteiger partial charge in [-0.3, -0.25) is 9.59 Å². The van der Waals surface area contributed by atoms with Gasteiger partial charge in [0, 0.05) is 13.1 Å². The van der Waals surface area contributed by atoms with Gasteiger partial charge in [-0.15, -0.1) is 0 Å². The minimum absolute atomic E-state index is 0.00746. The maximum absolute atomic E-state index is 12.6. The SMILES string of the molecule is CC(C)C(NC(=O)Cc1ccccc1)C(=O)NCCNc1nc2ccccc2s1. The van der Waals surface area contributed by atoms with E-state index in [1.54, 1.807) is 11.3 Å². The topological polar surface area (TPSA) is 83.1 Å². The lowest BCUT2D eigenvalue weighted by Crippen LogP contribution is -2.50. The third-order valence-electron chi connectivity index (χ3n) is 4.47. The van der Waals surface area contributed by atoms with E-state index in [9.17, 15) is 9.59 Å². The first-order chi connectivity index (χ1) is 14.0. The minimum atomic E-state index is -0.561. The largest absolute Gasteiger partial charge is 0.360 e. The first kappa shape index (κ1) is 20.8. The zero-order chi connectivity index (χ0) is 20.6. The second-order valence-electron chi connectivity index (χ2n) is 7.16. The molecule has 2 aromatic carbocycles. The van der Waals surface area contributed by atoms with Crippen LogP contribution in [0, 0.1) is 5.92 Å². The molecule has 0 saturated carbocycles. The van der Waals surface area contributed by atoms with E-state index in [2.05, 4.69) is 20.9 Å². The Hall–Kier alpha value is -2.93. The van der Waals surface area contributed by atoms with Crippen molar-refractivity contribution in [2.24, 2.45) is 5.92 Å². The summed E-state index contributed by atoms with van der Waals surface area (Å²) in [6.45, 7) is 4.86. The van der Waals surface area contributed by atoms with Gasteiger partial charge in [-0.1, -0.05) is 67.6 Å². The highest BCUT2D eigenvalue weighted by Gasteiger charge is 2.23. The van der Waals surface area contributed by atoms with Crippen LogP contribution >= 0.6 is 11.3 Å². The number of aromatic nitrogens is 1. The fourth-order valence-corrected chi connectivity index (χ4v) is 3.84. The van der Waals surface area contributed by atoms with Crippen molar-refractivity contribution >= 4 is 38.5 Å². The summed E-state index contributed by atoms with van der Waals surface area (Å²) >= 11 is 1.58. The Morgan fingerprint density at radius 3 is 2.45 bits per heavy atom. The molecule has 1 unspecified atom stereocenters. The first-order valence-corrected chi connectivity index (χ1v) is 10.5. The molecule has 0 aliphatic heterocycles. The molecule has 1 heterocycles. The summed E-state index contributed by atoms with van der Waals surface area (Å²) in [4.78, 5) is 29.4. The normalized spacial score (nSPS) is 12.0. The van der Waals surface area contributed by atoms with Crippen LogP contribution in [0.5, 0.6) is 0 Å². The van der Waals surface area contributed by atoms with Crippen LogP contribution in [0.3, 0.4) is 0 Å². The number of hydrogen-bond acceptors (Lipinski definition) is 5. The summed E-state index contributed by atoms with van der Waals surface area (Å²) in [7, 11) is 0. The fourth-order valence-electron chi connectivity index (χ4n) is 2.95. The lowest BCUT2D eigenvalue weighted by Gasteiger charge is -2.22. The number of benzene rings is 2. The van der Waals surface area contributed by atoms with Crippen LogP contribution in [0.1, 0.15) is 19.4 Å². The van der Waals surface area contributed by atoms with Gasteiger partial charge in [-0.05, 0) is 23.6 Å². The molecule has 7 heteroatoms. The smallest absolute Gasteiger partial charge is 0.242 e.